The molecule has 1 heterocycles. The molecule has 0 aliphatic carbocycles. The van der Waals surface area contributed by atoms with Crippen LogP contribution in [0.4, 0.5) is 4.39 Å². The number of hydrogen-bond donors (Lipinski definition) is 2. The highest BCUT2D eigenvalue weighted by atomic mass is 19.1. The molecule has 0 saturated carbocycles. The molecule has 16 heavy (non-hydrogen) atoms. The summed E-state index contributed by atoms with van der Waals surface area (Å²) in [6.07, 6.45) is 1.88. The number of benzene rings is 1. The maximum absolute atomic E-state index is 13.3. The van der Waals surface area contributed by atoms with E-state index in [4.69, 9.17) is 5.11 Å². The van der Waals surface area contributed by atoms with Crippen molar-refractivity contribution < 1.29 is 14.3 Å². The van der Waals surface area contributed by atoms with Crippen LogP contribution < -0.4 is 5.32 Å². The molecule has 86 valence electrons. The third-order valence-corrected chi connectivity index (χ3v) is 2.87. The summed E-state index contributed by atoms with van der Waals surface area (Å²) in [5, 5.41) is 12.0. The second-order valence-electron chi connectivity index (χ2n) is 4.07. The van der Waals surface area contributed by atoms with E-state index < -0.39 is 11.8 Å². The molecule has 1 atom stereocenters. The van der Waals surface area contributed by atoms with Gasteiger partial charge in [0, 0.05) is 6.04 Å². The Morgan fingerprint density at radius 1 is 1.56 bits per heavy atom. The van der Waals surface area contributed by atoms with E-state index in [1.165, 1.54) is 6.07 Å². The van der Waals surface area contributed by atoms with Gasteiger partial charge in [-0.15, -0.1) is 0 Å². The quantitative estimate of drug-likeness (QED) is 0.822. The van der Waals surface area contributed by atoms with Gasteiger partial charge in [-0.25, -0.2) is 4.39 Å². The topological polar surface area (TPSA) is 49.3 Å². The lowest BCUT2D eigenvalue weighted by Crippen LogP contribution is -2.13. The smallest absolute Gasteiger partial charge is 0.307 e. The fourth-order valence-corrected chi connectivity index (χ4v) is 2.08. The zero-order valence-electron chi connectivity index (χ0n) is 8.87. The minimum atomic E-state index is -1.00. The van der Waals surface area contributed by atoms with Crippen molar-refractivity contribution in [2.75, 3.05) is 6.54 Å². The molecule has 0 aromatic heterocycles. The molecule has 2 N–H and O–H groups in total. The van der Waals surface area contributed by atoms with Crippen molar-refractivity contribution in [1.29, 1.82) is 0 Å². The van der Waals surface area contributed by atoms with Gasteiger partial charge in [-0.05, 0) is 36.6 Å². The predicted octanol–water partition coefficient (Wildman–Crippen LogP) is 1.88. The van der Waals surface area contributed by atoms with Crippen LogP contribution in [0, 0.1) is 5.82 Å². The van der Waals surface area contributed by atoms with Gasteiger partial charge >= 0.3 is 5.97 Å². The second-order valence-corrected chi connectivity index (χ2v) is 4.07. The molecule has 1 aliphatic heterocycles. The van der Waals surface area contributed by atoms with Gasteiger partial charge in [0.05, 0.1) is 6.42 Å². The van der Waals surface area contributed by atoms with E-state index in [1.54, 1.807) is 12.1 Å². The highest BCUT2D eigenvalue weighted by Crippen LogP contribution is 2.24. The Kier molecular flexibility index (Phi) is 3.19. The first-order chi connectivity index (χ1) is 7.66. The van der Waals surface area contributed by atoms with Crippen LogP contribution in [0.2, 0.25) is 0 Å². The van der Waals surface area contributed by atoms with Crippen LogP contribution >= 0.6 is 0 Å². The summed E-state index contributed by atoms with van der Waals surface area (Å²) in [7, 11) is 0. The normalized spacial score (nSPS) is 19.9. The highest BCUT2D eigenvalue weighted by molar-refractivity contribution is 5.70. The molecule has 1 saturated heterocycles. The van der Waals surface area contributed by atoms with Crippen LogP contribution in [0.3, 0.4) is 0 Å². The molecular formula is C12H14FNO2. The summed E-state index contributed by atoms with van der Waals surface area (Å²) in [4.78, 5) is 10.6. The largest absolute Gasteiger partial charge is 0.481 e. The lowest BCUT2D eigenvalue weighted by Gasteiger charge is -2.12. The molecule has 0 bridgehead atoms. The highest BCUT2D eigenvalue weighted by Gasteiger charge is 2.17. The Morgan fingerprint density at radius 2 is 2.38 bits per heavy atom. The number of hydrogen-bond acceptors (Lipinski definition) is 2. The Labute approximate surface area is 93.3 Å². The summed E-state index contributed by atoms with van der Waals surface area (Å²) < 4.78 is 13.3. The molecule has 2 rings (SSSR count). The van der Waals surface area contributed by atoms with E-state index in [9.17, 15) is 9.18 Å². The maximum atomic E-state index is 13.3. The Balaban J connectivity index is 2.23. The molecule has 1 aliphatic rings. The van der Waals surface area contributed by atoms with Crippen LogP contribution in [-0.4, -0.2) is 17.6 Å². The molecule has 1 fully saturated rings. The average molecular weight is 223 g/mol. The number of carbonyl (C=O) groups is 1. The third kappa shape index (κ3) is 2.39. The van der Waals surface area contributed by atoms with Crippen molar-refractivity contribution in [3.8, 4) is 0 Å². The first-order valence-corrected chi connectivity index (χ1v) is 5.40. The summed E-state index contributed by atoms with van der Waals surface area (Å²) in [6.45, 7) is 0.969. The molecule has 3 nitrogen and oxygen atoms in total. The second kappa shape index (κ2) is 4.61. The van der Waals surface area contributed by atoms with Crippen molar-refractivity contribution in [3.63, 3.8) is 0 Å². The standard InChI is InChI=1S/C12H14FNO2/c13-10-4-3-8(11-2-1-5-14-11)6-9(10)7-12(15)16/h3-4,6,11,14H,1-2,5,7H2,(H,15,16). The van der Waals surface area contributed by atoms with E-state index in [0.717, 1.165) is 24.9 Å². The summed E-state index contributed by atoms with van der Waals surface area (Å²) in [5.41, 5.74) is 1.24. The minimum Gasteiger partial charge on any atom is -0.481 e. The SMILES string of the molecule is O=C(O)Cc1cc(C2CCCN2)ccc1F. The summed E-state index contributed by atoms with van der Waals surface area (Å²) in [6, 6.07) is 4.98. The average Bonchev–Trinajstić information content (AvgIpc) is 2.73. The van der Waals surface area contributed by atoms with E-state index >= 15 is 0 Å². The molecule has 1 aromatic carbocycles. The molecule has 1 unspecified atom stereocenters. The Hall–Kier alpha value is -1.42. The summed E-state index contributed by atoms with van der Waals surface area (Å²) >= 11 is 0. The molecule has 4 heteroatoms. The molecule has 0 spiro atoms. The fourth-order valence-electron chi connectivity index (χ4n) is 2.08. The fraction of sp³-hybridized carbons (Fsp3) is 0.417. The van der Waals surface area contributed by atoms with Crippen LogP contribution in [0.15, 0.2) is 18.2 Å². The van der Waals surface area contributed by atoms with Crippen LogP contribution in [0.25, 0.3) is 0 Å². The number of carboxylic acids is 1. The lowest BCUT2D eigenvalue weighted by atomic mass is 10.0. The van der Waals surface area contributed by atoms with E-state index in [1.807, 2.05) is 0 Å². The van der Waals surface area contributed by atoms with Gasteiger partial charge in [-0.3, -0.25) is 4.79 Å². The van der Waals surface area contributed by atoms with Gasteiger partial charge in [0.25, 0.3) is 0 Å². The number of aliphatic carboxylic acids is 1. The first-order valence-electron chi connectivity index (χ1n) is 5.40. The lowest BCUT2D eigenvalue weighted by molar-refractivity contribution is -0.136. The zero-order valence-corrected chi connectivity index (χ0v) is 8.87. The van der Waals surface area contributed by atoms with Crippen LogP contribution in [0.5, 0.6) is 0 Å². The van der Waals surface area contributed by atoms with Gasteiger partial charge in [0.2, 0.25) is 0 Å². The summed E-state index contributed by atoms with van der Waals surface area (Å²) in [5.74, 6) is -1.44. The van der Waals surface area contributed by atoms with Gasteiger partial charge in [0.15, 0.2) is 0 Å². The van der Waals surface area contributed by atoms with E-state index in [0.29, 0.717) is 0 Å². The van der Waals surface area contributed by atoms with Gasteiger partial charge in [0.1, 0.15) is 5.82 Å². The van der Waals surface area contributed by atoms with E-state index in [-0.39, 0.29) is 18.0 Å². The van der Waals surface area contributed by atoms with Gasteiger partial charge < -0.3 is 10.4 Å². The molecule has 0 radical (unpaired) electrons. The number of nitrogens with one attached hydrogen (secondary N) is 1. The third-order valence-electron chi connectivity index (χ3n) is 2.87. The zero-order chi connectivity index (χ0) is 11.5. The monoisotopic (exact) mass is 223 g/mol. The Bertz CT molecular complexity index is 400. The first kappa shape index (κ1) is 11.1. The van der Waals surface area contributed by atoms with Crippen molar-refractivity contribution in [2.45, 2.75) is 25.3 Å². The predicted molar refractivity (Wildman–Crippen MR) is 57.7 cm³/mol. The van der Waals surface area contributed by atoms with Crippen molar-refractivity contribution in [3.05, 3.63) is 35.1 Å². The van der Waals surface area contributed by atoms with Crippen molar-refractivity contribution in [1.82, 2.24) is 5.32 Å². The van der Waals surface area contributed by atoms with Gasteiger partial charge in [-0.1, -0.05) is 12.1 Å². The number of carboxylic acid groups (broad SMARTS) is 1. The molecule has 0 amide bonds. The maximum Gasteiger partial charge on any atom is 0.307 e. The van der Waals surface area contributed by atoms with Gasteiger partial charge in [-0.2, -0.15) is 0 Å². The molecule has 1 aromatic rings. The van der Waals surface area contributed by atoms with Crippen LogP contribution in [-0.2, 0) is 11.2 Å². The van der Waals surface area contributed by atoms with Crippen LogP contribution in [0.1, 0.15) is 30.0 Å². The van der Waals surface area contributed by atoms with E-state index in [2.05, 4.69) is 5.32 Å². The van der Waals surface area contributed by atoms with Crippen molar-refractivity contribution in [2.24, 2.45) is 0 Å². The minimum absolute atomic E-state index is 0.244. The van der Waals surface area contributed by atoms with Crippen molar-refractivity contribution >= 4 is 5.97 Å². The Morgan fingerprint density at radius 3 is 3.00 bits per heavy atom. The number of halogens is 1. The number of rotatable bonds is 3. The molecular weight excluding hydrogens is 209 g/mol.